The lowest BCUT2D eigenvalue weighted by molar-refractivity contribution is 0.145. The molecule has 0 bridgehead atoms. The fourth-order valence-electron chi connectivity index (χ4n) is 1.95. The van der Waals surface area contributed by atoms with Gasteiger partial charge in [0.15, 0.2) is 0 Å². The first-order valence-corrected chi connectivity index (χ1v) is 5.74. The molecule has 0 unspecified atom stereocenters. The first-order chi connectivity index (χ1) is 7.16. The van der Waals surface area contributed by atoms with Crippen LogP contribution in [0.3, 0.4) is 0 Å². The van der Waals surface area contributed by atoms with Gasteiger partial charge in [-0.2, -0.15) is 0 Å². The van der Waals surface area contributed by atoms with E-state index in [1.54, 1.807) is 0 Å². The fraction of sp³-hybridized carbons (Fsp3) is 0.500. The molecule has 0 aromatic heterocycles. The van der Waals surface area contributed by atoms with E-state index in [9.17, 15) is 5.11 Å². The van der Waals surface area contributed by atoms with Crippen molar-refractivity contribution in [1.82, 2.24) is 0 Å². The smallest absolute Gasteiger partial charge is 0.0574 e. The van der Waals surface area contributed by atoms with E-state index in [2.05, 4.69) is 11.0 Å². The zero-order valence-electron chi connectivity index (χ0n) is 8.91. The number of aryl methyl sites for hydroxylation is 1. The van der Waals surface area contributed by atoms with E-state index in [4.69, 9.17) is 11.6 Å². The van der Waals surface area contributed by atoms with Crippen LogP contribution in [-0.2, 0) is 0 Å². The first kappa shape index (κ1) is 10.8. The van der Waals surface area contributed by atoms with E-state index in [0.29, 0.717) is 0 Å². The number of rotatable bonds is 1. The third kappa shape index (κ3) is 2.44. The van der Waals surface area contributed by atoms with Crippen molar-refractivity contribution in [3.05, 3.63) is 28.8 Å². The van der Waals surface area contributed by atoms with Crippen molar-refractivity contribution < 1.29 is 5.11 Å². The Balaban J connectivity index is 2.12. The van der Waals surface area contributed by atoms with Crippen molar-refractivity contribution in [2.24, 2.45) is 0 Å². The van der Waals surface area contributed by atoms with Crippen molar-refractivity contribution >= 4 is 17.3 Å². The molecule has 1 aromatic rings. The normalized spacial score (nSPS) is 18.2. The van der Waals surface area contributed by atoms with Crippen molar-refractivity contribution in [1.29, 1.82) is 0 Å². The number of aliphatic hydroxyl groups is 1. The Bertz CT molecular complexity index is 345. The van der Waals surface area contributed by atoms with Gasteiger partial charge < -0.3 is 10.0 Å². The molecule has 1 aromatic carbocycles. The standard InChI is InChI=1S/C12H16ClNO/c1-9-8-10(2-3-12(9)13)14-6-4-11(15)5-7-14/h2-3,8,11,15H,4-7H2,1H3. The highest BCUT2D eigenvalue weighted by molar-refractivity contribution is 6.31. The van der Waals surface area contributed by atoms with Gasteiger partial charge in [-0.25, -0.2) is 0 Å². The molecular formula is C12H16ClNO. The van der Waals surface area contributed by atoms with Gasteiger partial charge in [0.2, 0.25) is 0 Å². The zero-order valence-corrected chi connectivity index (χ0v) is 9.67. The van der Waals surface area contributed by atoms with Crippen LogP contribution in [0.5, 0.6) is 0 Å². The van der Waals surface area contributed by atoms with Crippen LogP contribution in [0.4, 0.5) is 5.69 Å². The lowest BCUT2D eigenvalue weighted by Gasteiger charge is -2.31. The van der Waals surface area contributed by atoms with Crippen LogP contribution in [0.1, 0.15) is 18.4 Å². The molecule has 0 spiro atoms. The number of anilines is 1. The molecule has 2 rings (SSSR count). The van der Waals surface area contributed by atoms with Gasteiger partial charge in [-0.1, -0.05) is 11.6 Å². The van der Waals surface area contributed by atoms with Crippen LogP contribution in [0.2, 0.25) is 5.02 Å². The van der Waals surface area contributed by atoms with E-state index >= 15 is 0 Å². The Morgan fingerprint density at radius 2 is 2.00 bits per heavy atom. The maximum absolute atomic E-state index is 9.42. The minimum absolute atomic E-state index is 0.116. The molecule has 1 fully saturated rings. The SMILES string of the molecule is Cc1cc(N2CCC(O)CC2)ccc1Cl. The molecule has 0 amide bonds. The average molecular weight is 226 g/mol. The highest BCUT2D eigenvalue weighted by Gasteiger charge is 2.17. The summed E-state index contributed by atoms with van der Waals surface area (Å²) < 4.78 is 0. The van der Waals surface area contributed by atoms with Gasteiger partial charge in [-0.15, -0.1) is 0 Å². The van der Waals surface area contributed by atoms with Crippen molar-refractivity contribution in [3.8, 4) is 0 Å². The van der Waals surface area contributed by atoms with Gasteiger partial charge in [0, 0.05) is 23.8 Å². The molecule has 2 nitrogen and oxygen atoms in total. The average Bonchev–Trinajstić information content (AvgIpc) is 2.23. The molecule has 1 saturated heterocycles. The lowest BCUT2D eigenvalue weighted by atomic mass is 10.1. The summed E-state index contributed by atoms with van der Waals surface area (Å²) in [5, 5.41) is 10.2. The molecule has 3 heteroatoms. The molecule has 1 heterocycles. The van der Waals surface area contributed by atoms with Crippen LogP contribution in [0.25, 0.3) is 0 Å². The predicted octanol–water partition coefficient (Wildman–Crippen LogP) is 2.61. The molecule has 1 aliphatic heterocycles. The molecule has 82 valence electrons. The zero-order chi connectivity index (χ0) is 10.8. The Morgan fingerprint density at radius 1 is 1.33 bits per heavy atom. The quantitative estimate of drug-likeness (QED) is 0.794. The van der Waals surface area contributed by atoms with E-state index in [0.717, 1.165) is 36.5 Å². The predicted molar refractivity (Wildman–Crippen MR) is 63.6 cm³/mol. The summed E-state index contributed by atoms with van der Waals surface area (Å²) in [4.78, 5) is 2.30. The Labute approximate surface area is 95.5 Å². The topological polar surface area (TPSA) is 23.5 Å². The minimum atomic E-state index is -0.116. The van der Waals surface area contributed by atoms with Crippen LogP contribution < -0.4 is 4.90 Å². The number of hydrogen-bond donors (Lipinski definition) is 1. The third-order valence-electron chi connectivity index (χ3n) is 2.97. The summed E-state index contributed by atoms with van der Waals surface area (Å²) >= 11 is 5.98. The van der Waals surface area contributed by atoms with Crippen LogP contribution in [0.15, 0.2) is 18.2 Å². The van der Waals surface area contributed by atoms with E-state index in [-0.39, 0.29) is 6.10 Å². The van der Waals surface area contributed by atoms with Crippen LogP contribution >= 0.6 is 11.6 Å². The highest BCUT2D eigenvalue weighted by atomic mass is 35.5. The summed E-state index contributed by atoms with van der Waals surface area (Å²) in [6, 6.07) is 6.10. The van der Waals surface area contributed by atoms with Gasteiger partial charge in [0.1, 0.15) is 0 Å². The largest absolute Gasteiger partial charge is 0.393 e. The van der Waals surface area contributed by atoms with Crippen molar-refractivity contribution in [2.45, 2.75) is 25.9 Å². The number of aliphatic hydroxyl groups excluding tert-OH is 1. The summed E-state index contributed by atoms with van der Waals surface area (Å²) in [5.41, 5.74) is 2.32. The van der Waals surface area contributed by atoms with E-state index < -0.39 is 0 Å². The van der Waals surface area contributed by atoms with Gasteiger partial charge in [0.25, 0.3) is 0 Å². The summed E-state index contributed by atoms with van der Waals surface area (Å²) in [5.74, 6) is 0. The molecule has 0 aliphatic carbocycles. The second kappa shape index (κ2) is 4.42. The van der Waals surface area contributed by atoms with Crippen LogP contribution in [0, 0.1) is 6.92 Å². The van der Waals surface area contributed by atoms with Crippen molar-refractivity contribution in [2.75, 3.05) is 18.0 Å². The maximum Gasteiger partial charge on any atom is 0.0574 e. The summed E-state index contributed by atoms with van der Waals surface area (Å²) in [6.45, 7) is 3.88. The maximum atomic E-state index is 9.42. The molecule has 1 aliphatic rings. The third-order valence-corrected chi connectivity index (χ3v) is 3.40. The van der Waals surface area contributed by atoms with E-state index in [1.165, 1.54) is 5.69 Å². The molecular weight excluding hydrogens is 210 g/mol. The second-order valence-corrected chi connectivity index (χ2v) is 4.56. The number of piperidine rings is 1. The summed E-state index contributed by atoms with van der Waals surface area (Å²) in [7, 11) is 0. The molecule has 15 heavy (non-hydrogen) atoms. The number of hydrogen-bond acceptors (Lipinski definition) is 2. The molecule has 0 saturated carbocycles. The highest BCUT2D eigenvalue weighted by Crippen LogP contribution is 2.24. The Morgan fingerprint density at radius 3 is 2.60 bits per heavy atom. The fourth-order valence-corrected chi connectivity index (χ4v) is 2.07. The number of nitrogens with zero attached hydrogens (tertiary/aromatic N) is 1. The summed E-state index contributed by atoms with van der Waals surface area (Å²) in [6.07, 6.45) is 1.61. The number of benzene rings is 1. The van der Waals surface area contributed by atoms with Gasteiger partial charge in [-0.05, 0) is 43.5 Å². The Hall–Kier alpha value is -0.730. The van der Waals surface area contributed by atoms with Crippen molar-refractivity contribution in [3.63, 3.8) is 0 Å². The minimum Gasteiger partial charge on any atom is -0.393 e. The second-order valence-electron chi connectivity index (χ2n) is 4.15. The van der Waals surface area contributed by atoms with Gasteiger partial charge >= 0.3 is 0 Å². The van der Waals surface area contributed by atoms with Crippen LogP contribution in [-0.4, -0.2) is 24.3 Å². The monoisotopic (exact) mass is 225 g/mol. The molecule has 1 N–H and O–H groups in total. The van der Waals surface area contributed by atoms with E-state index in [1.807, 2.05) is 19.1 Å². The van der Waals surface area contributed by atoms with Gasteiger partial charge in [-0.3, -0.25) is 0 Å². The first-order valence-electron chi connectivity index (χ1n) is 5.36. The molecule has 0 radical (unpaired) electrons. The van der Waals surface area contributed by atoms with Gasteiger partial charge in [0.05, 0.1) is 6.10 Å². The molecule has 0 atom stereocenters. The Kier molecular flexibility index (Phi) is 3.17. The lowest BCUT2D eigenvalue weighted by Crippen LogP contribution is -2.35. The number of halogens is 1.